The maximum absolute atomic E-state index is 13.4. The number of aromatic nitrogens is 1. The molecule has 0 aliphatic carbocycles. The summed E-state index contributed by atoms with van der Waals surface area (Å²) in [5.74, 6) is -0.643. The SMILES string of the molecule is CCOC(=O)C1CCN(C(=O)CN(C)C(=O)c2cc3ccccc3n2Cc2ccccc2)CC1. The number of para-hydroxylation sites is 1. The quantitative estimate of drug-likeness (QED) is 0.505. The van der Waals surface area contributed by atoms with E-state index in [-0.39, 0.29) is 30.2 Å². The minimum Gasteiger partial charge on any atom is -0.466 e. The molecule has 2 amide bonds. The minimum absolute atomic E-state index is 0.00420. The van der Waals surface area contributed by atoms with Gasteiger partial charge in [-0.05, 0) is 37.5 Å². The Hall–Kier alpha value is -3.61. The van der Waals surface area contributed by atoms with Gasteiger partial charge in [-0.15, -0.1) is 0 Å². The lowest BCUT2D eigenvalue weighted by molar-refractivity contribution is -0.151. The van der Waals surface area contributed by atoms with E-state index >= 15 is 0 Å². The first-order valence-corrected chi connectivity index (χ1v) is 11.8. The number of carbonyl (C=O) groups is 3. The molecule has 0 saturated carbocycles. The van der Waals surface area contributed by atoms with Crippen LogP contribution in [-0.2, 0) is 20.9 Å². The largest absolute Gasteiger partial charge is 0.466 e. The first-order valence-electron chi connectivity index (χ1n) is 11.8. The van der Waals surface area contributed by atoms with Crippen LogP contribution in [0.25, 0.3) is 10.9 Å². The summed E-state index contributed by atoms with van der Waals surface area (Å²) in [4.78, 5) is 41.5. The monoisotopic (exact) mass is 461 g/mol. The molecule has 0 bridgehead atoms. The molecule has 7 heteroatoms. The molecule has 4 rings (SSSR count). The van der Waals surface area contributed by atoms with E-state index in [1.54, 1.807) is 18.9 Å². The molecule has 0 atom stereocenters. The third-order valence-electron chi connectivity index (χ3n) is 6.40. The number of ether oxygens (including phenoxy) is 1. The van der Waals surface area contributed by atoms with Crippen molar-refractivity contribution in [2.24, 2.45) is 5.92 Å². The summed E-state index contributed by atoms with van der Waals surface area (Å²) < 4.78 is 7.12. The third kappa shape index (κ3) is 5.14. The molecule has 34 heavy (non-hydrogen) atoms. The number of esters is 1. The Morgan fingerprint density at radius 2 is 1.68 bits per heavy atom. The zero-order valence-electron chi connectivity index (χ0n) is 19.8. The zero-order chi connectivity index (χ0) is 24.1. The standard InChI is InChI=1S/C27H31N3O4/c1-3-34-27(33)21-13-15-29(16-14-21)25(31)19-28(2)26(32)24-17-22-11-7-8-12-23(22)30(24)18-20-9-5-4-6-10-20/h4-12,17,21H,3,13-16,18-19H2,1-2H3. The van der Waals surface area contributed by atoms with Crippen molar-refractivity contribution in [3.8, 4) is 0 Å². The minimum atomic E-state index is -0.193. The number of carbonyl (C=O) groups excluding carboxylic acids is 3. The van der Waals surface area contributed by atoms with Crippen molar-refractivity contribution < 1.29 is 19.1 Å². The maximum Gasteiger partial charge on any atom is 0.309 e. The predicted molar refractivity (Wildman–Crippen MR) is 130 cm³/mol. The summed E-state index contributed by atoms with van der Waals surface area (Å²) in [6.07, 6.45) is 1.18. The van der Waals surface area contributed by atoms with E-state index in [1.807, 2.05) is 65.2 Å². The van der Waals surface area contributed by atoms with Gasteiger partial charge in [-0.2, -0.15) is 0 Å². The van der Waals surface area contributed by atoms with Gasteiger partial charge in [0.25, 0.3) is 5.91 Å². The lowest BCUT2D eigenvalue weighted by Gasteiger charge is -2.32. The topological polar surface area (TPSA) is 71.8 Å². The number of fused-ring (bicyclic) bond motifs is 1. The second-order valence-electron chi connectivity index (χ2n) is 8.73. The molecule has 1 aliphatic rings. The van der Waals surface area contributed by atoms with Gasteiger partial charge in [-0.1, -0.05) is 48.5 Å². The summed E-state index contributed by atoms with van der Waals surface area (Å²) in [5, 5.41) is 0.988. The fourth-order valence-electron chi connectivity index (χ4n) is 4.52. The molecule has 3 aromatic rings. The molecule has 0 N–H and O–H groups in total. The summed E-state index contributed by atoms with van der Waals surface area (Å²) in [6.45, 7) is 3.72. The normalized spacial score (nSPS) is 14.2. The van der Waals surface area contributed by atoms with Gasteiger partial charge in [0.1, 0.15) is 5.69 Å². The number of likely N-dealkylation sites (N-methyl/N-ethyl adjacent to an activating group) is 1. The second-order valence-corrected chi connectivity index (χ2v) is 8.73. The average molecular weight is 462 g/mol. The number of hydrogen-bond donors (Lipinski definition) is 0. The number of amides is 2. The number of rotatable bonds is 7. The molecule has 178 valence electrons. The Balaban J connectivity index is 1.45. The summed E-state index contributed by atoms with van der Waals surface area (Å²) in [6, 6.07) is 19.8. The van der Waals surface area contributed by atoms with Gasteiger partial charge in [0, 0.05) is 37.6 Å². The van der Waals surface area contributed by atoms with Crippen LogP contribution < -0.4 is 0 Å². The summed E-state index contributed by atoms with van der Waals surface area (Å²) >= 11 is 0. The number of piperidine rings is 1. The number of benzene rings is 2. The molecule has 1 aliphatic heterocycles. The molecule has 0 unspecified atom stereocenters. The molecule has 1 saturated heterocycles. The van der Waals surface area contributed by atoms with Crippen LogP contribution in [0.5, 0.6) is 0 Å². The van der Waals surface area contributed by atoms with Gasteiger partial charge in [-0.3, -0.25) is 14.4 Å². The molecular formula is C27H31N3O4. The van der Waals surface area contributed by atoms with E-state index in [0.29, 0.717) is 44.8 Å². The summed E-state index contributed by atoms with van der Waals surface area (Å²) in [7, 11) is 1.66. The van der Waals surface area contributed by atoms with Crippen LogP contribution in [0.1, 0.15) is 35.8 Å². The van der Waals surface area contributed by atoms with Gasteiger partial charge in [0.15, 0.2) is 0 Å². The van der Waals surface area contributed by atoms with E-state index in [9.17, 15) is 14.4 Å². The highest BCUT2D eigenvalue weighted by atomic mass is 16.5. The van der Waals surface area contributed by atoms with Crippen molar-refractivity contribution in [3.63, 3.8) is 0 Å². The Morgan fingerprint density at radius 3 is 2.38 bits per heavy atom. The van der Waals surface area contributed by atoms with Gasteiger partial charge in [0.2, 0.25) is 5.91 Å². The van der Waals surface area contributed by atoms with Crippen molar-refractivity contribution >= 4 is 28.7 Å². The van der Waals surface area contributed by atoms with Crippen LogP contribution in [0.15, 0.2) is 60.7 Å². The van der Waals surface area contributed by atoms with Crippen LogP contribution in [0.4, 0.5) is 0 Å². The van der Waals surface area contributed by atoms with Crippen molar-refractivity contribution in [1.82, 2.24) is 14.4 Å². The fourth-order valence-corrected chi connectivity index (χ4v) is 4.52. The first kappa shape index (κ1) is 23.5. The smallest absolute Gasteiger partial charge is 0.309 e. The lowest BCUT2D eigenvalue weighted by Crippen LogP contribution is -2.45. The van der Waals surface area contributed by atoms with Crippen molar-refractivity contribution in [2.75, 3.05) is 33.3 Å². The highest BCUT2D eigenvalue weighted by Gasteiger charge is 2.29. The number of likely N-dealkylation sites (tertiary alicyclic amines) is 1. The molecular weight excluding hydrogens is 430 g/mol. The van der Waals surface area contributed by atoms with Gasteiger partial charge in [0.05, 0.1) is 19.1 Å². The van der Waals surface area contributed by atoms with E-state index in [2.05, 4.69) is 0 Å². The van der Waals surface area contributed by atoms with Crippen LogP contribution in [0.3, 0.4) is 0 Å². The van der Waals surface area contributed by atoms with E-state index in [0.717, 1.165) is 16.5 Å². The predicted octanol–water partition coefficient (Wildman–Crippen LogP) is 3.56. The Labute approximate surface area is 199 Å². The van der Waals surface area contributed by atoms with E-state index in [1.165, 1.54) is 4.90 Å². The molecule has 2 heterocycles. The fraction of sp³-hybridized carbons (Fsp3) is 0.370. The third-order valence-corrected chi connectivity index (χ3v) is 6.40. The molecule has 2 aromatic carbocycles. The van der Waals surface area contributed by atoms with Gasteiger partial charge in [-0.25, -0.2) is 0 Å². The van der Waals surface area contributed by atoms with Gasteiger partial charge >= 0.3 is 5.97 Å². The lowest BCUT2D eigenvalue weighted by atomic mass is 9.97. The Morgan fingerprint density at radius 1 is 1.00 bits per heavy atom. The highest BCUT2D eigenvalue weighted by Crippen LogP contribution is 2.23. The van der Waals surface area contributed by atoms with Crippen molar-refractivity contribution in [3.05, 3.63) is 71.9 Å². The van der Waals surface area contributed by atoms with E-state index in [4.69, 9.17) is 4.74 Å². The van der Waals surface area contributed by atoms with Crippen LogP contribution in [-0.4, -0.2) is 65.4 Å². The van der Waals surface area contributed by atoms with Gasteiger partial charge < -0.3 is 19.1 Å². The number of nitrogens with zero attached hydrogens (tertiary/aromatic N) is 3. The molecule has 0 radical (unpaired) electrons. The molecule has 1 aromatic heterocycles. The summed E-state index contributed by atoms with van der Waals surface area (Å²) in [5.41, 5.74) is 2.64. The molecule has 1 fully saturated rings. The van der Waals surface area contributed by atoms with Crippen molar-refractivity contribution in [2.45, 2.75) is 26.3 Å². The average Bonchev–Trinajstić information content (AvgIpc) is 3.22. The maximum atomic E-state index is 13.4. The van der Waals surface area contributed by atoms with E-state index < -0.39 is 0 Å². The first-order chi connectivity index (χ1) is 16.5. The van der Waals surface area contributed by atoms with Crippen molar-refractivity contribution in [1.29, 1.82) is 0 Å². The van der Waals surface area contributed by atoms with Crippen LogP contribution >= 0.6 is 0 Å². The zero-order valence-corrected chi connectivity index (χ0v) is 19.8. The Kier molecular flexibility index (Phi) is 7.30. The highest BCUT2D eigenvalue weighted by molar-refractivity contribution is 6.00. The van der Waals surface area contributed by atoms with Crippen LogP contribution in [0, 0.1) is 5.92 Å². The van der Waals surface area contributed by atoms with Crippen LogP contribution in [0.2, 0.25) is 0 Å². The second kappa shape index (κ2) is 10.5. The Bertz CT molecular complexity index is 1160. The number of hydrogen-bond acceptors (Lipinski definition) is 4. The molecule has 7 nitrogen and oxygen atoms in total. The molecule has 0 spiro atoms.